The van der Waals surface area contributed by atoms with Gasteiger partial charge >= 0.3 is 12.5 Å². The number of hydrogen-bond donors (Lipinski definition) is 2. The van der Waals surface area contributed by atoms with Gasteiger partial charge in [-0.1, -0.05) is 32.0 Å². The second kappa shape index (κ2) is 8.96. The molecule has 0 saturated heterocycles. The van der Waals surface area contributed by atoms with Gasteiger partial charge in [0.2, 0.25) is 5.91 Å². The van der Waals surface area contributed by atoms with Gasteiger partial charge in [-0.25, -0.2) is 4.79 Å². The van der Waals surface area contributed by atoms with Crippen molar-refractivity contribution in [3.8, 4) is 5.75 Å². The summed E-state index contributed by atoms with van der Waals surface area (Å²) in [4.78, 5) is 24.3. The Morgan fingerprint density at radius 3 is 2.22 bits per heavy atom. The quantitative estimate of drug-likeness (QED) is 0.776. The van der Waals surface area contributed by atoms with Gasteiger partial charge in [0, 0.05) is 12.1 Å². The first-order valence-corrected chi connectivity index (χ1v) is 8.39. The van der Waals surface area contributed by atoms with Gasteiger partial charge in [0.15, 0.2) is 0 Å². The Labute approximate surface area is 156 Å². The second-order valence-corrected chi connectivity index (χ2v) is 7.24. The highest BCUT2D eigenvalue weighted by Gasteiger charge is 2.32. The monoisotopic (exact) mass is 390 g/mol. The van der Waals surface area contributed by atoms with E-state index < -0.39 is 35.8 Å². The number of nitrogens with one attached hydrogen (secondary N) is 2. The van der Waals surface area contributed by atoms with Crippen LogP contribution in [-0.4, -0.2) is 30.0 Å². The zero-order valence-electron chi connectivity index (χ0n) is 15.9. The maximum absolute atomic E-state index is 12.5. The summed E-state index contributed by atoms with van der Waals surface area (Å²) in [5.74, 6) is -1.21. The molecule has 0 aliphatic heterocycles. The molecular weight excluding hydrogens is 365 g/mol. The molecule has 0 radical (unpaired) electrons. The molecule has 27 heavy (non-hydrogen) atoms. The molecule has 0 heterocycles. The predicted octanol–water partition coefficient (Wildman–Crippen LogP) is 3.75. The van der Waals surface area contributed by atoms with E-state index in [0.717, 1.165) is 6.07 Å². The normalized spacial score (nSPS) is 13.1. The number of ether oxygens (including phenoxy) is 2. The summed E-state index contributed by atoms with van der Waals surface area (Å²) in [5.41, 5.74) is -0.571. The topological polar surface area (TPSA) is 76.7 Å². The number of benzene rings is 1. The first kappa shape index (κ1) is 22.6. The number of carbonyl (C=O) groups excluding carboxylic acids is 2. The highest BCUT2D eigenvalue weighted by atomic mass is 19.4. The largest absolute Gasteiger partial charge is 0.573 e. The van der Waals surface area contributed by atoms with Gasteiger partial charge in [0.1, 0.15) is 17.4 Å². The van der Waals surface area contributed by atoms with Crippen LogP contribution >= 0.6 is 0 Å². The van der Waals surface area contributed by atoms with Crippen LogP contribution in [-0.2, 0) is 16.1 Å². The van der Waals surface area contributed by atoms with Crippen molar-refractivity contribution in [3.05, 3.63) is 29.8 Å². The van der Waals surface area contributed by atoms with Crippen molar-refractivity contribution in [2.45, 2.75) is 59.2 Å². The minimum absolute atomic E-state index is 0.156. The third kappa shape index (κ3) is 8.65. The number of hydrogen-bond acceptors (Lipinski definition) is 4. The first-order valence-electron chi connectivity index (χ1n) is 8.39. The Hall–Kier alpha value is -2.45. The molecule has 0 aromatic heterocycles. The smallest absolute Gasteiger partial charge is 0.444 e. The second-order valence-electron chi connectivity index (χ2n) is 7.24. The molecule has 0 unspecified atom stereocenters. The van der Waals surface area contributed by atoms with Crippen molar-refractivity contribution in [1.29, 1.82) is 0 Å². The van der Waals surface area contributed by atoms with E-state index in [1.54, 1.807) is 34.6 Å². The Bertz CT molecular complexity index is 655. The Kier molecular flexibility index (Phi) is 7.50. The molecule has 1 aromatic rings. The van der Waals surface area contributed by atoms with Gasteiger partial charge in [-0.2, -0.15) is 0 Å². The molecule has 0 spiro atoms. The van der Waals surface area contributed by atoms with Crippen molar-refractivity contribution >= 4 is 12.0 Å². The molecule has 0 aliphatic rings. The molecule has 0 aliphatic carbocycles. The Morgan fingerprint density at radius 1 is 1.11 bits per heavy atom. The third-order valence-electron chi connectivity index (χ3n) is 3.27. The number of halogens is 3. The van der Waals surface area contributed by atoms with E-state index in [-0.39, 0.29) is 18.0 Å². The average Bonchev–Trinajstić information content (AvgIpc) is 2.48. The summed E-state index contributed by atoms with van der Waals surface area (Å²) in [7, 11) is 0. The van der Waals surface area contributed by atoms with Crippen LogP contribution in [0.3, 0.4) is 0 Å². The zero-order valence-corrected chi connectivity index (χ0v) is 15.9. The van der Waals surface area contributed by atoms with Crippen molar-refractivity contribution in [3.63, 3.8) is 0 Å². The molecule has 2 N–H and O–H groups in total. The Morgan fingerprint density at radius 2 is 1.70 bits per heavy atom. The highest BCUT2D eigenvalue weighted by Crippen LogP contribution is 2.26. The van der Waals surface area contributed by atoms with Gasteiger partial charge in [-0.05, 0) is 32.8 Å². The zero-order chi connectivity index (χ0) is 20.8. The van der Waals surface area contributed by atoms with Gasteiger partial charge in [-0.3, -0.25) is 4.79 Å². The maximum Gasteiger partial charge on any atom is 0.573 e. The van der Waals surface area contributed by atoms with Crippen LogP contribution in [0.25, 0.3) is 0 Å². The minimum atomic E-state index is -4.83. The van der Waals surface area contributed by atoms with E-state index in [1.165, 1.54) is 18.2 Å². The van der Waals surface area contributed by atoms with E-state index in [9.17, 15) is 22.8 Å². The van der Waals surface area contributed by atoms with E-state index in [0.29, 0.717) is 0 Å². The molecule has 2 amide bonds. The lowest BCUT2D eigenvalue weighted by Gasteiger charge is -2.25. The fourth-order valence-corrected chi connectivity index (χ4v) is 2.14. The molecule has 1 aromatic carbocycles. The van der Waals surface area contributed by atoms with Crippen LogP contribution < -0.4 is 15.4 Å². The summed E-state index contributed by atoms with van der Waals surface area (Å²) in [5, 5.41) is 5.00. The minimum Gasteiger partial charge on any atom is -0.444 e. The summed E-state index contributed by atoms with van der Waals surface area (Å²) in [6.07, 6.45) is -5.59. The fraction of sp³-hybridized carbons (Fsp3) is 0.556. The standard InChI is InChI=1S/C18H25F3N2O4/c1-11(2)14(23-16(25)27-17(3,4)5)15(24)22-10-12-8-6-7-9-13(12)26-18(19,20)21/h6-9,11,14H,10H2,1-5H3,(H,22,24)(H,23,25)/t14-/m1/s1. The van der Waals surface area contributed by atoms with Crippen LogP contribution in [0.2, 0.25) is 0 Å². The van der Waals surface area contributed by atoms with Gasteiger partial charge < -0.3 is 20.1 Å². The molecule has 152 valence electrons. The summed E-state index contributed by atoms with van der Waals surface area (Å²) in [6.45, 7) is 8.33. The first-order chi connectivity index (χ1) is 12.3. The number of alkyl halides is 3. The van der Waals surface area contributed by atoms with E-state index in [1.807, 2.05) is 0 Å². The van der Waals surface area contributed by atoms with E-state index in [2.05, 4.69) is 15.4 Å². The molecule has 6 nitrogen and oxygen atoms in total. The number of amides is 2. The predicted molar refractivity (Wildman–Crippen MR) is 93.0 cm³/mol. The van der Waals surface area contributed by atoms with Crippen molar-refractivity contribution in [1.82, 2.24) is 10.6 Å². The van der Waals surface area contributed by atoms with Crippen LogP contribution in [0.4, 0.5) is 18.0 Å². The molecule has 0 fully saturated rings. The summed E-state index contributed by atoms with van der Waals surface area (Å²) < 4.78 is 46.5. The lowest BCUT2D eigenvalue weighted by molar-refractivity contribution is -0.274. The average molecular weight is 390 g/mol. The molecule has 0 saturated carbocycles. The van der Waals surface area contributed by atoms with E-state index >= 15 is 0 Å². The van der Waals surface area contributed by atoms with Crippen LogP contribution in [0.5, 0.6) is 5.75 Å². The number of carbonyl (C=O) groups is 2. The number of alkyl carbamates (subject to hydrolysis) is 1. The fourth-order valence-electron chi connectivity index (χ4n) is 2.14. The summed E-state index contributed by atoms with van der Waals surface area (Å²) >= 11 is 0. The highest BCUT2D eigenvalue weighted by molar-refractivity contribution is 5.85. The van der Waals surface area contributed by atoms with Gasteiger partial charge in [-0.15, -0.1) is 13.2 Å². The van der Waals surface area contributed by atoms with Crippen molar-refractivity contribution < 1.29 is 32.2 Å². The Balaban J connectivity index is 2.77. The van der Waals surface area contributed by atoms with E-state index in [4.69, 9.17) is 4.74 Å². The number of rotatable bonds is 6. The molecular formula is C18H25F3N2O4. The lowest BCUT2D eigenvalue weighted by atomic mass is 10.0. The lowest BCUT2D eigenvalue weighted by Crippen LogP contribution is -2.50. The van der Waals surface area contributed by atoms with Crippen molar-refractivity contribution in [2.24, 2.45) is 5.92 Å². The molecule has 9 heteroatoms. The SMILES string of the molecule is CC(C)[C@@H](NC(=O)OC(C)(C)C)C(=O)NCc1ccccc1OC(F)(F)F. The van der Waals surface area contributed by atoms with Crippen LogP contribution in [0, 0.1) is 5.92 Å². The number of para-hydroxylation sites is 1. The summed E-state index contributed by atoms with van der Waals surface area (Å²) in [6, 6.07) is 4.59. The molecule has 0 bridgehead atoms. The third-order valence-corrected chi connectivity index (χ3v) is 3.27. The maximum atomic E-state index is 12.5. The van der Waals surface area contributed by atoms with Crippen LogP contribution in [0.1, 0.15) is 40.2 Å². The van der Waals surface area contributed by atoms with Crippen LogP contribution in [0.15, 0.2) is 24.3 Å². The van der Waals surface area contributed by atoms with Crippen molar-refractivity contribution in [2.75, 3.05) is 0 Å². The van der Waals surface area contributed by atoms with Gasteiger partial charge in [0.25, 0.3) is 0 Å². The molecule has 1 atom stereocenters. The van der Waals surface area contributed by atoms with Gasteiger partial charge in [0.05, 0.1) is 0 Å². The molecule has 1 rings (SSSR count).